The first kappa shape index (κ1) is 12.6. The van der Waals surface area contributed by atoms with Crippen LogP contribution in [0.4, 0.5) is 0 Å². The van der Waals surface area contributed by atoms with Crippen molar-refractivity contribution in [3.05, 3.63) is 0 Å². The largest absolute Gasteiger partial charge is 0.311 e. The van der Waals surface area contributed by atoms with Crippen molar-refractivity contribution in [1.29, 1.82) is 5.26 Å². The van der Waals surface area contributed by atoms with Crippen LogP contribution in [-0.4, -0.2) is 25.7 Å². The number of hydrogen-bond acceptors (Lipinski definition) is 3. The lowest BCUT2D eigenvalue weighted by Gasteiger charge is -2.35. The summed E-state index contributed by atoms with van der Waals surface area (Å²) >= 11 is 0. The standard InChI is InChI=1S/C5H9N3.2ClH/c1-7-5(2-6)3-8-4-5;;/h7-8H,3-4H2,1H3;2*1H. The van der Waals surface area contributed by atoms with Crippen molar-refractivity contribution in [2.75, 3.05) is 20.1 Å². The molecule has 0 atom stereocenters. The molecule has 5 heteroatoms. The molecule has 0 unspecified atom stereocenters. The molecule has 60 valence electrons. The zero-order chi connectivity index (χ0) is 6.04. The highest BCUT2D eigenvalue weighted by atomic mass is 35.5. The fraction of sp³-hybridized carbons (Fsp3) is 0.800. The van der Waals surface area contributed by atoms with Crippen LogP contribution in [0.2, 0.25) is 0 Å². The Balaban J connectivity index is 0. The molecule has 1 heterocycles. The molecule has 10 heavy (non-hydrogen) atoms. The van der Waals surface area contributed by atoms with E-state index in [0.29, 0.717) is 0 Å². The van der Waals surface area contributed by atoms with E-state index in [4.69, 9.17) is 5.26 Å². The lowest BCUT2D eigenvalue weighted by Crippen LogP contribution is -2.65. The molecule has 1 aliphatic rings. The molecule has 0 spiro atoms. The van der Waals surface area contributed by atoms with Crippen LogP contribution in [0.1, 0.15) is 0 Å². The smallest absolute Gasteiger partial charge is 0.131 e. The van der Waals surface area contributed by atoms with E-state index < -0.39 is 0 Å². The first-order valence-corrected chi connectivity index (χ1v) is 2.64. The average Bonchev–Trinajstić information content (AvgIpc) is 1.67. The molecule has 1 aliphatic heterocycles. The number of hydrogen-bond donors (Lipinski definition) is 2. The van der Waals surface area contributed by atoms with Crippen LogP contribution in [0.15, 0.2) is 0 Å². The summed E-state index contributed by atoms with van der Waals surface area (Å²) in [7, 11) is 1.81. The van der Waals surface area contributed by atoms with E-state index in [1.807, 2.05) is 7.05 Å². The lowest BCUT2D eigenvalue weighted by molar-refractivity contribution is 0.303. The summed E-state index contributed by atoms with van der Waals surface area (Å²) in [5, 5.41) is 14.4. The van der Waals surface area contributed by atoms with Gasteiger partial charge in [-0.25, -0.2) is 0 Å². The maximum absolute atomic E-state index is 8.48. The summed E-state index contributed by atoms with van der Waals surface area (Å²) in [4.78, 5) is 0. The van der Waals surface area contributed by atoms with Gasteiger partial charge in [-0.2, -0.15) is 5.26 Å². The van der Waals surface area contributed by atoms with Crippen molar-refractivity contribution >= 4 is 24.8 Å². The van der Waals surface area contributed by atoms with E-state index >= 15 is 0 Å². The molecule has 0 bridgehead atoms. The van der Waals surface area contributed by atoms with Gasteiger partial charge in [-0.1, -0.05) is 0 Å². The number of nitrogens with one attached hydrogen (secondary N) is 2. The van der Waals surface area contributed by atoms with Gasteiger partial charge in [-0.3, -0.25) is 0 Å². The van der Waals surface area contributed by atoms with Crippen molar-refractivity contribution in [3.63, 3.8) is 0 Å². The summed E-state index contributed by atoms with van der Waals surface area (Å²) < 4.78 is 0. The Hall–Kier alpha value is -0.0100. The third kappa shape index (κ3) is 1.99. The predicted octanol–water partition coefficient (Wildman–Crippen LogP) is -0.0850. The van der Waals surface area contributed by atoms with Gasteiger partial charge in [-0.15, -0.1) is 24.8 Å². The molecule has 1 rings (SSSR count). The molecule has 2 N–H and O–H groups in total. The number of halogens is 2. The maximum atomic E-state index is 8.48. The molecular formula is C5H11Cl2N3. The number of rotatable bonds is 1. The van der Waals surface area contributed by atoms with Gasteiger partial charge >= 0.3 is 0 Å². The molecule has 0 radical (unpaired) electrons. The van der Waals surface area contributed by atoms with Gasteiger partial charge in [0.05, 0.1) is 6.07 Å². The molecule has 0 aromatic heterocycles. The van der Waals surface area contributed by atoms with Gasteiger partial charge in [0.2, 0.25) is 0 Å². The van der Waals surface area contributed by atoms with E-state index in [1.54, 1.807) is 0 Å². The molecule has 1 saturated heterocycles. The van der Waals surface area contributed by atoms with Crippen molar-refractivity contribution in [3.8, 4) is 6.07 Å². The van der Waals surface area contributed by atoms with Crippen molar-refractivity contribution < 1.29 is 0 Å². The Kier molecular flexibility index (Phi) is 6.01. The van der Waals surface area contributed by atoms with E-state index in [9.17, 15) is 0 Å². The Labute approximate surface area is 73.0 Å². The van der Waals surface area contributed by atoms with Crippen LogP contribution in [0.5, 0.6) is 0 Å². The summed E-state index contributed by atoms with van der Waals surface area (Å²) in [6.07, 6.45) is 0. The third-order valence-electron chi connectivity index (χ3n) is 1.55. The van der Waals surface area contributed by atoms with Crippen LogP contribution in [0.25, 0.3) is 0 Å². The zero-order valence-electron chi connectivity index (χ0n) is 5.68. The molecule has 0 aromatic rings. The number of nitriles is 1. The fourth-order valence-electron chi connectivity index (χ4n) is 0.687. The lowest BCUT2D eigenvalue weighted by atomic mass is 9.95. The normalized spacial score (nSPS) is 18.8. The quantitative estimate of drug-likeness (QED) is 0.598. The predicted molar refractivity (Wildman–Crippen MR) is 44.8 cm³/mol. The van der Waals surface area contributed by atoms with Gasteiger partial charge < -0.3 is 10.6 Å². The highest BCUT2D eigenvalue weighted by Gasteiger charge is 2.34. The van der Waals surface area contributed by atoms with Crippen LogP contribution in [-0.2, 0) is 0 Å². The molecule has 3 nitrogen and oxygen atoms in total. The van der Waals surface area contributed by atoms with E-state index in [0.717, 1.165) is 13.1 Å². The van der Waals surface area contributed by atoms with Gasteiger partial charge in [0, 0.05) is 13.1 Å². The van der Waals surface area contributed by atoms with Crippen molar-refractivity contribution in [1.82, 2.24) is 10.6 Å². The Morgan fingerprint density at radius 3 is 2.00 bits per heavy atom. The number of likely N-dealkylation sites (N-methyl/N-ethyl adjacent to an activating group) is 1. The Bertz CT molecular complexity index is 122. The average molecular weight is 184 g/mol. The van der Waals surface area contributed by atoms with Gasteiger partial charge in [0.1, 0.15) is 5.54 Å². The maximum Gasteiger partial charge on any atom is 0.131 e. The minimum absolute atomic E-state index is 0. The van der Waals surface area contributed by atoms with Crippen molar-refractivity contribution in [2.24, 2.45) is 0 Å². The monoisotopic (exact) mass is 183 g/mol. The molecule has 0 amide bonds. The third-order valence-corrected chi connectivity index (χ3v) is 1.55. The fourth-order valence-corrected chi connectivity index (χ4v) is 0.687. The summed E-state index contributed by atoms with van der Waals surface area (Å²) in [6, 6.07) is 2.19. The molecule has 0 aliphatic carbocycles. The molecular weight excluding hydrogens is 173 g/mol. The van der Waals surface area contributed by atoms with E-state index in [-0.39, 0.29) is 30.4 Å². The molecule has 1 fully saturated rings. The highest BCUT2D eigenvalue weighted by Crippen LogP contribution is 2.06. The number of nitrogens with zero attached hydrogens (tertiary/aromatic N) is 1. The van der Waals surface area contributed by atoms with Crippen molar-refractivity contribution in [2.45, 2.75) is 5.54 Å². The van der Waals surface area contributed by atoms with Gasteiger partial charge in [-0.05, 0) is 7.05 Å². The second-order valence-electron chi connectivity index (χ2n) is 2.05. The van der Waals surface area contributed by atoms with E-state index in [2.05, 4.69) is 16.7 Å². The Morgan fingerprint density at radius 1 is 1.50 bits per heavy atom. The minimum Gasteiger partial charge on any atom is -0.311 e. The summed E-state index contributed by atoms with van der Waals surface area (Å²) in [6.45, 7) is 1.56. The highest BCUT2D eigenvalue weighted by molar-refractivity contribution is 5.85. The zero-order valence-corrected chi connectivity index (χ0v) is 7.31. The van der Waals surface area contributed by atoms with Crippen LogP contribution >= 0.6 is 24.8 Å². The second-order valence-corrected chi connectivity index (χ2v) is 2.05. The second kappa shape index (κ2) is 4.75. The first-order valence-electron chi connectivity index (χ1n) is 2.64. The van der Waals surface area contributed by atoms with Gasteiger partial charge in [0.25, 0.3) is 0 Å². The summed E-state index contributed by atoms with van der Waals surface area (Å²) in [5.41, 5.74) is -0.250. The topological polar surface area (TPSA) is 47.9 Å². The van der Waals surface area contributed by atoms with Crippen LogP contribution in [0.3, 0.4) is 0 Å². The van der Waals surface area contributed by atoms with Gasteiger partial charge in [0.15, 0.2) is 0 Å². The SMILES string of the molecule is CNC1(C#N)CNC1.Cl.Cl. The van der Waals surface area contributed by atoms with Crippen LogP contribution in [0, 0.1) is 11.3 Å². The molecule has 0 saturated carbocycles. The van der Waals surface area contributed by atoms with Crippen LogP contribution < -0.4 is 10.6 Å². The Morgan fingerprint density at radius 2 is 2.00 bits per heavy atom. The van der Waals surface area contributed by atoms with E-state index in [1.165, 1.54) is 0 Å². The summed E-state index contributed by atoms with van der Waals surface area (Å²) in [5.74, 6) is 0. The first-order chi connectivity index (χ1) is 3.83. The molecule has 0 aromatic carbocycles. The minimum atomic E-state index is -0.250.